The molecule has 0 bridgehead atoms. The van der Waals surface area contributed by atoms with Crippen molar-refractivity contribution in [2.75, 3.05) is 0 Å². The zero-order chi connectivity index (χ0) is 61.9. The van der Waals surface area contributed by atoms with Gasteiger partial charge in [-0.3, -0.25) is 0 Å². The van der Waals surface area contributed by atoms with Gasteiger partial charge < -0.3 is 0 Å². The van der Waals surface area contributed by atoms with Crippen molar-refractivity contribution in [2.45, 2.75) is 80.3 Å². The first-order valence-corrected chi connectivity index (χ1v) is 24.0. The third-order valence-electron chi connectivity index (χ3n) is 12.9. The van der Waals surface area contributed by atoms with Crippen LogP contribution in [0.1, 0.15) is 103 Å². The number of hydrogen-bond acceptors (Lipinski definition) is 0. The summed E-state index contributed by atoms with van der Waals surface area (Å²) in [6.07, 6.45) is 5.79. The predicted octanol–water partition coefficient (Wildman–Crippen LogP) is 16.2. The van der Waals surface area contributed by atoms with Crippen LogP contribution in [0.2, 0.25) is 0 Å². The third kappa shape index (κ3) is 12.7. The number of nitrogens with zero attached hydrogens (tertiary/aromatic N) is 3. The Kier molecular flexibility index (Phi) is 12.6. The summed E-state index contributed by atoms with van der Waals surface area (Å²) in [7, 11) is 5.92. The van der Waals surface area contributed by atoms with Gasteiger partial charge >= 0.3 is 0 Å². The molecule has 0 saturated carbocycles. The van der Waals surface area contributed by atoms with Crippen molar-refractivity contribution in [1.82, 2.24) is 0 Å². The summed E-state index contributed by atoms with van der Waals surface area (Å²) >= 11 is 0. The predicted molar refractivity (Wildman–Crippen MR) is 296 cm³/mol. The van der Waals surface area contributed by atoms with E-state index in [0.717, 1.165) is 61.6 Å². The van der Waals surface area contributed by atoms with Crippen LogP contribution < -0.4 is 13.7 Å². The highest BCUT2D eigenvalue weighted by molar-refractivity contribution is 5.69. The van der Waals surface area contributed by atoms with E-state index < -0.39 is 49.9 Å². The maximum absolute atomic E-state index is 14.3. The standard InChI is InChI=1S/C23H25FN.C22H23FN.C22H24N/c1-16(2)13-20-14-18(9-11-22(20)24)19-10-12-23(25(4)15-19)21-8-6-5-7-17(21)3;1-15(2)20-13-17(9-11-21(20)23)18-10-12-22(24(4)14-18)19-8-6-5-7-16(19)3;1-16(2)18-9-11-19(12-10-18)20-13-14-22(23(4)15-20)21-8-6-5-7-17(21)3/h5-12,14-16H,13H2,1-4H3;5-15H,1-4H3;5-16H,1-4H3/q3*+1/i1D3,16D;1D3,15D;1D3,16D. The van der Waals surface area contributed by atoms with Crippen LogP contribution >= 0.6 is 0 Å². The number of pyridine rings is 3. The van der Waals surface area contributed by atoms with Crippen LogP contribution in [-0.4, -0.2) is 0 Å². The molecule has 0 aliphatic rings. The molecule has 0 aliphatic carbocycles. The zero-order valence-electron chi connectivity index (χ0n) is 54.7. The molecule has 3 atom stereocenters. The average molecular weight is 969 g/mol. The lowest BCUT2D eigenvalue weighted by molar-refractivity contribution is -0.660. The minimum Gasteiger partial charge on any atom is -0.207 e. The third-order valence-corrected chi connectivity index (χ3v) is 12.9. The van der Waals surface area contributed by atoms with Crippen LogP contribution in [0.3, 0.4) is 0 Å². The van der Waals surface area contributed by atoms with E-state index in [9.17, 15) is 8.78 Å². The number of benzene rings is 6. The number of rotatable bonds is 10. The van der Waals surface area contributed by atoms with E-state index in [2.05, 4.69) is 80.1 Å². The Balaban J connectivity index is 0.000000181. The fourth-order valence-electron chi connectivity index (χ4n) is 8.84. The Morgan fingerprint density at radius 3 is 1.24 bits per heavy atom. The maximum atomic E-state index is 14.3. The van der Waals surface area contributed by atoms with Crippen molar-refractivity contribution < 1.29 is 38.9 Å². The molecule has 0 radical (unpaired) electrons. The van der Waals surface area contributed by atoms with Gasteiger partial charge in [0.15, 0.2) is 18.6 Å². The molecule has 72 heavy (non-hydrogen) atoms. The van der Waals surface area contributed by atoms with Gasteiger partial charge in [-0.2, -0.15) is 0 Å². The molecule has 366 valence electrons. The van der Waals surface area contributed by atoms with Crippen molar-refractivity contribution in [3.63, 3.8) is 0 Å². The summed E-state index contributed by atoms with van der Waals surface area (Å²) in [6, 6.07) is 52.9. The molecule has 3 unspecified atom stereocenters. The molecule has 0 spiro atoms. The van der Waals surface area contributed by atoms with E-state index >= 15 is 0 Å². The normalized spacial score (nSPS) is 16.5. The van der Waals surface area contributed by atoms with E-state index in [1.165, 1.54) is 55.7 Å². The van der Waals surface area contributed by atoms with Crippen molar-refractivity contribution >= 4 is 0 Å². The number of hydrogen-bond donors (Lipinski definition) is 0. The molecule has 0 aliphatic heterocycles. The van der Waals surface area contributed by atoms with Crippen molar-refractivity contribution in [1.29, 1.82) is 0 Å². The van der Waals surface area contributed by atoms with Crippen LogP contribution in [0, 0.1) is 38.3 Å². The molecular formula is C67H72F2N3+3. The minimum atomic E-state index is -2.63. The summed E-state index contributed by atoms with van der Waals surface area (Å²) in [6.45, 7) is 2.72. The average Bonchev–Trinajstić information content (AvgIpc) is 1.63. The molecule has 9 aromatic rings. The van der Waals surface area contributed by atoms with Crippen LogP contribution in [0.5, 0.6) is 0 Å². The topological polar surface area (TPSA) is 11.6 Å². The number of halogens is 2. The van der Waals surface area contributed by atoms with Gasteiger partial charge in [-0.05, 0) is 156 Å². The van der Waals surface area contributed by atoms with Gasteiger partial charge in [0.2, 0.25) is 17.1 Å². The molecule has 5 heteroatoms. The molecule has 0 N–H and O–H groups in total. The van der Waals surface area contributed by atoms with Crippen LogP contribution in [0.15, 0.2) is 188 Å². The van der Waals surface area contributed by atoms with Crippen LogP contribution in [-0.2, 0) is 27.6 Å². The van der Waals surface area contributed by atoms with Crippen LogP contribution in [0.4, 0.5) is 8.78 Å². The molecule has 0 amide bonds. The maximum Gasteiger partial charge on any atom is 0.212 e. The fraction of sp³-hybridized carbons (Fsp3) is 0.239. The summed E-state index contributed by atoms with van der Waals surface area (Å²) in [5.74, 6) is -6.58. The van der Waals surface area contributed by atoms with Crippen LogP contribution in [0.25, 0.3) is 67.2 Å². The Morgan fingerprint density at radius 1 is 0.431 bits per heavy atom. The van der Waals surface area contributed by atoms with E-state index in [4.69, 9.17) is 16.4 Å². The minimum absolute atomic E-state index is 0.129. The summed E-state index contributed by atoms with van der Waals surface area (Å²) < 4.78 is 128. The lowest BCUT2D eigenvalue weighted by Crippen LogP contribution is -2.30. The molecule has 0 fully saturated rings. The van der Waals surface area contributed by atoms with Gasteiger partial charge in [0.25, 0.3) is 0 Å². The van der Waals surface area contributed by atoms with Gasteiger partial charge in [0, 0.05) is 68.0 Å². The highest BCUT2D eigenvalue weighted by atomic mass is 19.1. The first-order valence-electron chi connectivity index (χ1n) is 30.0. The largest absolute Gasteiger partial charge is 0.212 e. The van der Waals surface area contributed by atoms with Crippen molar-refractivity contribution in [2.24, 2.45) is 27.0 Å². The lowest BCUT2D eigenvalue weighted by Gasteiger charge is -2.10. The Labute approximate surface area is 445 Å². The Bertz CT molecular complexity index is 3810. The summed E-state index contributed by atoms with van der Waals surface area (Å²) in [5, 5.41) is 0. The molecule has 3 nitrogen and oxygen atoms in total. The summed E-state index contributed by atoms with van der Waals surface area (Å²) in [5.41, 5.74) is 16.1. The Hall–Kier alpha value is -7.37. The van der Waals surface area contributed by atoms with Gasteiger partial charge in [0.05, 0.1) is 0 Å². The Morgan fingerprint density at radius 2 is 0.819 bits per heavy atom. The van der Waals surface area contributed by atoms with Crippen molar-refractivity contribution in [3.05, 3.63) is 233 Å². The van der Waals surface area contributed by atoms with E-state index in [1.807, 2.05) is 115 Å². The first-order chi connectivity index (χ1) is 39.1. The van der Waals surface area contributed by atoms with E-state index in [1.54, 1.807) is 30.3 Å². The van der Waals surface area contributed by atoms with Gasteiger partial charge in [-0.25, -0.2) is 22.5 Å². The monoisotopic (exact) mass is 969 g/mol. The van der Waals surface area contributed by atoms with Gasteiger partial charge in [-0.1, -0.05) is 132 Å². The SMILES string of the molecule is [2H]C([2H])([2H])C([2H])(C)Cc1cc(-c2ccc(-c3ccccc3C)[n+](C)c2)ccc1F.[2H]C([2H])([2H])C([2H])(C)c1cc(-c2ccc(-c3ccccc3C)[n+](C)c2)ccc1F.[2H]C([2H])([2H])C([2H])(C)c1ccc(-c2ccc(-c3ccccc3C)[n+](C)c2)cc1. The highest BCUT2D eigenvalue weighted by Crippen LogP contribution is 2.30. The molecular weight excluding hydrogens is 885 g/mol. The molecule has 6 aromatic carbocycles. The second kappa shape index (κ2) is 23.7. The van der Waals surface area contributed by atoms with Gasteiger partial charge in [0.1, 0.15) is 32.8 Å². The summed E-state index contributed by atoms with van der Waals surface area (Å²) in [4.78, 5) is 0. The second-order valence-electron chi connectivity index (χ2n) is 18.5. The second-order valence-corrected chi connectivity index (χ2v) is 18.5. The molecule has 3 aromatic heterocycles. The smallest absolute Gasteiger partial charge is 0.207 e. The molecule has 3 heterocycles. The first kappa shape index (κ1) is 38.3. The highest BCUT2D eigenvalue weighted by Gasteiger charge is 2.18. The zero-order valence-corrected chi connectivity index (χ0v) is 42.7. The van der Waals surface area contributed by atoms with E-state index in [-0.39, 0.29) is 17.5 Å². The van der Waals surface area contributed by atoms with Crippen molar-refractivity contribution in [3.8, 4) is 67.2 Å². The number of aromatic nitrogens is 3. The number of aryl methyl sites for hydroxylation is 6. The lowest BCUT2D eigenvalue weighted by atomic mass is 9.97. The molecule has 0 saturated heterocycles. The fourth-order valence-corrected chi connectivity index (χ4v) is 8.84. The van der Waals surface area contributed by atoms with Gasteiger partial charge in [-0.15, -0.1) is 0 Å². The quantitative estimate of drug-likeness (QED) is 0.121. The van der Waals surface area contributed by atoms with E-state index in [0.29, 0.717) is 11.1 Å². The molecule has 9 rings (SSSR count).